The highest BCUT2D eigenvalue weighted by atomic mass is 35.5. The zero-order chi connectivity index (χ0) is 24.9. The Morgan fingerprint density at radius 1 is 0.971 bits per heavy atom. The van der Waals surface area contributed by atoms with Crippen molar-refractivity contribution < 1.29 is 29.2 Å². The van der Waals surface area contributed by atoms with Crippen molar-refractivity contribution in [3.8, 4) is 5.75 Å². The Balaban J connectivity index is 1.47. The molecule has 3 aromatic carbocycles. The lowest BCUT2D eigenvalue weighted by molar-refractivity contribution is -0.132. The number of amides is 2. The number of aromatic nitrogens is 2. The van der Waals surface area contributed by atoms with Crippen LogP contribution in [0.25, 0.3) is 17.1 Å². The van der Waals surface area contributed by atoms with Gasteiger partial charge in [-0.2, -0.15) is 0 Å². The molecule has 176 valence electrons. The molecule has 1 heterocycles. The van der Waals surface area contributed by atoms with Crippen molar-refractivity contribution in [1.29, 1.82) is 0 Å². The van der Waals surface area contributed by atoms with Gasteiger partial charge in [0.15, 0.2) is 0 Å². The van der Waals surface area contributed by atoms with Gasteiger partial charge in [0.25, 0.3) is 11.8 Å². The third-order valence-electron chi connectivity index (χ3n) is 4.91. The lowest BCUT2D eigenvalue weighted by atomic mass is 10.1. The Morgan fingerprint density at radius 2 is 1.77 bits per heavy atom. The lowest BCUT2D eigenvalue weighted by Crippen LogP contribution is -2.28. The summed E-state index contributed by atoms with van der Waals surface area (Å²) >= 11 is 6.22. The van der Waals surface area contributed by atoms with Gasteiger partial charge in [-0.3, -0.25) is 9.59 Å². The Bertz CT molecular complexity index is 1480. The smallest absolute Gasteiger partial charge is 0.352 e. The Hall–Kier alpha value is -4.70. The number of fused-ring (bicyclic) bond motifs is 1. The molecular weight excluding hydrogens is 476 g/mol. The number of carbonyl (C=O) groups is 3. The van der Waals surface area contributed by atoms with E-state index >= 15 is 0 Å². The Morgan fingerprint density at radius 3 is 2.51 bits per heavy atom. The number of halogens is 1. The minimum Gasteiger partial charge on any atom is -0.508 e. The summed E-state index contributed by atoms with van der Waals surface area (Å²) in [6.07, 6.45) is 1.26. The molecule has 10 nitrogen and oxygen atoms in total. The quantitative estimate of drug-likeness (QED) is 0.286. The number of benzene rings is 3. The summed E-state index contributed by atoms with van der Waals surface area (Å²) in [6.45, 7) is 0.177. The maximum absolute atomic E-state index is 12.7. The number of hydrogen-bond donors (Lipinski definition) is 4. The maximum atomic E-state index is 12.7. The average Bonchev–Trinajstić information content (AvgIpc) is 3.30. The van der Waals surface area contributed by atoms with Crippen LogP contribution >= 0.6 is 11.6 Å². The van der Waals surface area contributed by atoms with Gasteiger partial charge in [0, 0.05) is 12.1 Å². The second-order valence-electron chi connectivity index (χ2n) is 7.38. The highest BCUT2D eigenvalue weighted by Crippen LogP contribution is 2.20. The van der Waals surface area contributed by atoms with Crippen LogP contribution in [0.15, 0.2) is 71.0 Å². The number of hydrogen-bond acceptors (Lipinski definition) is 7. The lowest BCUT2D eigenvalue weighted by Gasteiger charge is -2.10. The minimum atomic E-state index is -1.37. The van der Waals surface area contributed by atoms with Crippen LogP contribution in [-0.4, -0.2) is 38.3 Å². The third kappa shape index (κ3) is 5.63. The van der Waals surface area contributed by atoms with Crippen LogP contribution in [0.2, 0.25) is 5.02 Å². The topological polar surface area (TPSA) is 155 Å². The van der Waals surface area contributed by atoms with E-state index in [1.54, 1.807) is 30.3 Å². The molecule has 0 aliphatic carbocycles. The molecule has 2 amide bonds. The molecule has 0 saturated heterocycles. The normalized spacial score (nSPS) is 11.3. The van der Waals surface area contributed by atoms with E-state index in [4.69, 9.17) is 11.6 Å². The van der Waals surface area contributed by atoms with Gasteiger partial charge in [0.05, 0.1) is 10.6 Å². The molecule has 0 spiro atoms. The van der Waals surface area contributed by atoms with E-state index in [-0.39, 0.29) is 28.4 Å². The number of phenols is 1. The van der Waals surface area contributed by atoms with Crippen LogP contribution in [0, 0.1) is 0 Å². The SMILES string of the molecule is O=C(O)/C(=C/c1ccc2nonc2c1)NC(=O)c1ccc(C(=O)NCc2cccc(O)c2)cc1Cl. The van der Waals surface area contributed by atoms with Crippen molar-refractivity contribution in [1.82, 2.24) is 20.9 Å². The predicted octanol–water partition coefficient (Wildman–Crippen LogP) is 3.37. The van der Waals surface area contributed by atoms with Crippen LogP contribution in [0.1, 0.15) is 31.8 Å². The maximum Gasteiger partial charge on any atom is 0.352 e. The summed E-state index contributed by atoms with van der Waals surface area (Å²) in [6, 6.07) is 15.2. The third-order valence-corrected chi connectivity index (χ3v) is 5.22. The fourth-order valence-corrected chi connectivity index (χ4v) is 3.45. The molecule has 4 rings (SSSR count). The molecule has 4 aromatic rings. The zero-order valence-electron chi connectivity index (χ0n) is 17.9. The zero-order valence-corrected chi connectivity index (χ0v) is 18.6. The first-order valence-electron chi connectivity index (χ1n) is 10.1. The van der Waals surface area contributed by atoms with E-state index in [1.807, 2.05) is 0 Å². The van der Waals surface area contributed by atoms with Gasteiger partial charge >= 0.3 is 5.97 Å². The molecule has 1 aromatic heterocycles. The summed E-state index contributed by atoms with van der Waals surface area (Å²) in [5, 5.41) is 31.4. The molecule has 0 unspecified atom stereocenters. The molecule has 4 N–H and O–H groups in total. The van der Waals surface area contributed by atoms with Gasteiger partial charge in [-0.1, -0.05) is 29.8 Å². The number of carboxylic acids is 1. The summed E-state index contributed by atoms with van der Waals surface area (Å²) in [5.41, 5.74) is 1.88. The van der Waals surface area contributed by atoms with Crippen molar-refractivity contribution in [2.24, 2.45) is 0 Å². The molecule has 0 atom stereocenters. The molecule has 0 aliphatic rings. The van der Waals surface area contributed by atoms with Crippen LogP contribution in [0.5, 0.6) is 5.75 Å². The second kappa shape index (κ2) is 10.1. The molecule has 0 fully saturated rings. The minimum absolute atomic E-state index is 0.0144. The highest BCUT2D eigenvalue weighted by molar-refractivity contribution is 6.34. The van der Waals surface area contributed by atoms with Crippen LogP contribution in [0.3, 0.4) is 0 Å². The first-order valence-corrected chi connectivity index (χ1v) is 10.5. The largest absolute Gasteiger partial charge is 0.508 e. The summed E-state index contributed by atoms with van der Waals surface area (Å²) in [5.74, 6) is -2.48. The number of phenolic OH excluding ortho intramolecular Hbond substituents is 1. The first-order chi connectivity index (χ1) is 16.8. The number of rotatable bonds is 7. The van der Waals surface area contributed by atoms with E-state index in [9.17, 15) is 24.6 Å². The van der Waals surface area contributed by atoms with Gasteiger partial charge in [-0.25, -0.2) is 9.42 Å². The fraction of sp³-hybridized carbons (Fsp3) is 0.0417. The molecule has 0 bridgehead atoms. The summed E-state index contributed by atoms with van der Waals surface area (Å²) < 4.78 is 4.62. The van der Waals surface area contributed by atoms with Gasteiger partial charge in [0.1, 0.15) is 22.5 Å². The van der Waals surface area contributed by atoms with Gasteiger partial charge < -0.3 is 20.8 Å². The van der Waals surface area contributed by atoms with E-state index in [1.165, 1.54) is 36.4 Å². The number of aliphatic carboxylic acids is 1. The summed E-state index contributed by atoms with van der Waals surface area (Å²) in [7, 11) is 0. The Kier molecular flexibility index (Phi) is 6.74. The number of carboxylic acid groups (broad SMARTS) is 1. The number of carbonyl (C=O) groups excluding carboxylic acids is 2. The average molecular weight is 493 g/mol. The number of aromatic hydroxyl groups is 1. The van der Waals surface area contributed by atoms with Crippen molar-refractivity contribution in [3.63, 3.8) is 0 Å². The fourth-order valence-electron chi connectivity index (χ4n) is 3.19. The highest BCUT2D eigenvalue weighted by Gasteiger charge is 2.18. The second-order valence-corrected chi connectivity index (χ2v) is 7.78. The van der Waals surface area contributed by atoms with Crippen LogP contribution in [-0.2, 0) is 11.3 Å². The number of nitrogens with one attached hydrogen (secondary N) is 2. The number of nitrogens with zero attached hydrogens (tertiary/aromatic N) is 2. The van der Waals surface area contributed by atoms with Crippen molar-refractivity contribution in [3.05, 3.63) is 93.6 Å². The van der Waals surface area contributed by atoms with E-state index in [0.29, 0.717) is 22.2 Å². The van der Waals surface area contributed by atoms with Gasteiger partial charge in [0.2, 0.25) is 0 Å². The van der Waals surface area contributed by atoms with Crippen molar-refractivity contribution in [2.45, 2.75) is 6.54 Å². The molecular formula is C24H17ClN4O6. The molecule has 0 saturated carbocycles. The van der Waals surface area contributed by atoms with Crippen LogP contribution in [0.4, 0.5) is 0 Å². The molecule has 0 radical (unpaired) electrons. The van der Waals surface area contributed by atoms with Crippen LogP contribution < -0.4 is 10.6 Å². The van der Waals surface area contributed by atoms with Crippen molar-refractivity contribution in [2.75, 3.05) is 0 Å². The summed E-state index contributed by atoms with van der Waals surface area (Å²) in [4.78, 5) is 36.8. The molecule has 11 heteroatoms. The van der Waals surface area contributed by atoms with E-state index in [0.717, 1.165) is 0 Å². The first kappa shape index (κ1) is 23.5. The molecule has 35 heavy (non-hydrogen) atoms. The molecule has 0 aliphatic heterocycles. The van der Waals surface area contributed by atoms with E-state index in [2.05, 4.69) is 25.6 Å². The van der Waals surface area contributed by atoms with Crippen molar-refractivity contribution >= 4 is 46.5 Å². The predicted molar refractivity (Wildman–Crippen MR) is 126 cm³/mol. The van der Waals surface area contributed by atoms with Gasteiger partial charge in [-0.05, 0) is 70.0 Å². The standard InChI is InChI=1S/C24H17ClN4O6/c25-18-11-15(22(31)26-12-14-2-1-3-16(30)8-14)5-6-17(18)23(32)27-21(24(33)34)10-13-4-7-19-20(9-13)29-35-28-19/h1-11,30H,12H2,(H,26,31)(H,27,32)(H,33,34)/b21-10-. The Labute approximate surface area is 202 Å². The van der Waals surface area contributed by atoms with E-state index < -0.39 is 23.5 Å². The van der Waals surface area contributed by atoms with Gasteiger partial charge in [-0.15, -0.1) is 0 Å². The monoisotopic (exact) mass is 492 g/mol.